The van der Waals surface area contributed by atoms with Gasteiger partial charge in [-0.1, -0.05) is 114 Å². The first-order chi connectivity index (χ1) is 23.9. The molecule has 9 heteroatoms. The molecule has 0 aliphatic carbocycles. The predicted molar refractivity (Wildman–Crippen MR) is 195 cm³/mol. The Morgan fingerprint density at radius 3 is 1.84 bits per heavy atom. The molecule has 4 N–H and O–H groups in total. The minimum absolute atomic E-state index is 0.00579. The SMILES string of the molecule is CCCCCCCCN(CCCCCCCC)C[C@@H]1C[C@H](c2ccc(CO)cc2)O[C@H](c2ccc(NC(=O)CCCCC(=O)NO)cc2)O1. The molecule has 1 heterocycles. The molecule has 0 radical (unpaired) electrons. The molecule has 1 fully saturated rings. The Kier molecular flexibility index (Phi) is 20.2. The number of rotatable bonds is 25. The number of nitrogens with zero attached hydrogens (tertiary/aromatic N) is 1. The van der Waals surface area contributed by atoms with Crippen LogP contribution in [-0.2, 0) is 25.7 Å². The number of aliphatic hydroxyl groups is 1. The van der Waals surface area contributed by atoms with Crippen molar-refractivity contribution in [1.29, 1.82) is 0 Å². The lowest BCUT2D eigenvalue weighted by Gasteiger charge is -2.38. The third kappa shape index (κ3) is 16.2. The van der Waals surface area contributed by atoms with Gasteiger partial charge in [0.1, 0.15) is 0 Å². The van der Waals surface area contributed by atoms with Gasteiger partial charge in [0.25, 0.3) is 0 Å². The van der Waals surface area contributed by atoms with Gasteiger partial charge in [-0.15, -0.1) is 0 Å². The van der Waals surface area contributed by atoms with E-state index in [1.54, 1.807) is 5.48 Å². The molecule has 3 atom stereocenters. The summed E-state index contributed by atoms with van der Waals surface area (Å²) in [6.07, 6.45) is 17.0. The maximum atomic E-state index is 12.5. The third-order valence-corrected chi connectivity index (χ3v) is 9.38. The Bertz CT molecular complexity index is 1160. The van der Waals surface area contributed by atoms with Gasteiger partial charge < -0.3 is 24.8 Å². The number of nitrogens with one attached hydrogen (secondary N) is 2. The van der Waals surface area contributed by atoms with E-state index in [0.29, 0.717) is 24.9 Å². The van der Waals surface area contributed by atoms with Gasteiger partial charge in [0.2, 0.25) is 11.8 Å². The van der Waals surface area contributed by atoms with Crippen molar-refractivity contribution in [3.63, 3.8) is 0 Å². The second-order valence-corrected chi connectivity index (χ2v) is 13.6. The van der Waals surface area contributed by atoms with Crippen molar-refractivity contribution in [3.05, 3.63) is 65.2 Å². The lowest BCUT2D eigenvalue weighted by Crippen LogP contribution is -2.40. The van der Waals surface area contributed by atoms with Gasteiger partial charge in [-0.05, 0) is 62.0 Å². The van der Waals surface area contributed by atoms with Crippen LogP contribution >= 0.6 is 0 Å². The molecule has 274 valence electrons. The molecular formula is C40H63N3O6. The summed E-state index contributed by atoms with van der Waals surface area (Å²) < 4.78 is 13.3. The summed E-state index contributed by atoms with van der Waals surface area (Å²) >= 11 is 0. The van der Waals surface area contributed by atoms with Crippen LogP contribution in [0.3, 0.4) is 0 Å². The average molecular weight is 682 g/mol. The predicted octanol–water partition coefficient (Wildman–Crippen LogP) is 8.75. The Hall–Kier alpha value is -2.82. The second-order valence-electron chi connectivity index (χ2n) is 13.6. The quantitative estimate of drug-likeness (QED) is 0.0470. The summed E-state index contributed by atoms with van der Waals surface area (Å²) in [6, 6.07) is 15.7. The van der Waals surface area contributed by atoms with E-state index in [1.807, 2.05) is 36.4 Å². The molecule has 0 aromatic heterocycles. The van der Waals surface area contributed by atoms with Gasteiger partial charge >= 0.3 is 0 Å². The average Bonchev–Trinajstić information content (AvgIpc) is 3.13. The maximum Gasteiger partial charge on any atom is 0.243 e. The largest absolute Gasteiger partial charge is 0.392 e. The number of anilines is 1. The molecule has 0 saturated carbocycles. The summed E-state index contributed by atoms with van der Waals surface area (Å²) in [5, 5.41) is 21.1. The van der Waals surface area contributed by atoms with Crippen molar-refractivity contribution < 1.29 is 29.4 Å². The summed E-state index contributed by atoms with van der Waals surface area (Å²) in [4.78, 5) is 26.3. The third-order valence-electron chi connectivity index (χ3n) is 9.38. The van der Waals surface area contributed by atoms with E-state index in [9.17, 15) is 14.7 Å². The minimum atomic E-state index is -0.548. The number of ether oxygens (including phenoxy) is 2. The standard InChI is InChI=1S/C40H63N3O6/c1-3-5-7-9-11-15-27-43(28-16-12-10-8-6-4-2)30-36-29-37(33-21-19-32(31-44)20-22-33)49-40(48-36)34-23-25-35(26-24-34)41-38(45)17-13-14-18-39(46)42-47/h19-26,36-37,40,44,47H,3-18,27-31H2,1-2H3,(H,41,45)(H,42,46)/t36-,37+,40+/m0/s1. The molecule has 2 aromatic rings. The van der Waals surface area contributed by atoms with E-state index in [2.05, 4.69) is 36.2 Å². The van der Waals surface area contributed by atoms with Crippen LogP contribution in [0.5, 0.6) is 0 Å². The second kappa shape index (κ2) is 24.3. The summed E-state index contributed by atoms with van der Waals surface area (Å²) in [7, 11) is 0. The number of hydrogen-bond acceptors (Lipinski definition) is 7. The number of carbonyl (C=O) groups is 2. The number of unbranched alkanes of at least 4 members (excludes halogenated alkanes) is 11. The zero-order valence-electron chi connectivity index (χ0n) is 30.2. The number of hydroxylamine groups is 1. The highest BCUT2D eigenvalue weighted by molar-refractivity contribution is 5.90. The van der Waals surface area contributed by atoms with E-state index in [1.165, 1.54) is 77.0 Å². The first kappa shape index (κ1) is 40.6. The van der Waals surface area contributed by atoms with Crippen LogP contribution in [0.2, 0.25) is 0 Å². The first-order valence-electron chi connectivity index (χ1n) is 19.0. The minimum Gasteiger partial charge on any atom is -0.392 e. The Balaban J connectivity index is 1.67. The molecule has 0 spiro atoms. The van der Waals surface area contributed by atoms with Gasteiger partial charge in [-0.3, -0.25) is 14.8 Å². The highest BCUT2D eigenvalue weighted by atomic mass is 16.7. The number of benzene rings is 2. The van der Waals surface area contributed by atoms with Crippen LogP contribution in [0.1, 0.15) is 152 Å². The van der Waals surface area contributed by atoms with Crippen LogP contribution in [-0.4, -0.2) is 52.8 Å². The van der Waals surface area contributed by atoms with Crippen LogP contribution in [0, 0.1) is 0 Å². The molecule has 1 aliphatic heterocycles. The number of aliphatic hydroxyl groups excluding tert-OH is 1. The van der Waals surface area contributed by atoms with Gasteiger partial charge in [-0.2, -0.15) is 0 Å². The lowest BCUT2D eigenvalue weighted by molar-refractivity contribution is -0.253. The first-order valence-corrected chi connectivity index (χ1v) is 19.0. The molecule has 3 rings (SSSR count). The monoisotopic (exact) mass is 681 g/mol. The van der Waals surface area contributed by atoms with E-state index < -0.39 is 12.2 Å². The Morgan fingerprint density at radius 1 is 0.714 bits per heavy atom. The van der Waals surface area contributed by atoms with Crippen molar-refractivity contribution in [3.8, 4) is 0 Å². The summed E-state index contributed by atoms with van der Waals surface area (Å²) in [5.74, 6) is -0.567. The van der Waals surface area contributed by atoms with Crippen molar-refractivity contribution >= 4 is 17.5 Å². The molecular weight excluding hydrogens is 618 g/mol. The summed E-state index contributed by atoms with van der Waals surface area (Å²) in [6.45, 7) is 7.58. The Morgan fingerprint density at radius 2 is 1.27 bits per heavy atom. The normalized spacial score (nSPS) is 17.7. The van der Waals surface area contributed by atoms with Crippen molar-refractivity contribution in [2.75, 3.05) is 25.0 Å². The van der Waals surface area contributed by atoms with Crippen LogP contribution in [0.25, 0.3) is 0 Å². The zero-order chi connectivity index (χ0) is 35.1. The van der Waals surface area contributed by atoms with Crippen molar-refractivity contribution in [2.45, 2.75) is 148 Å². The summed E-state index contributed by atoms with van der Waals surface area (Å²) in [5.41, 5.74) is 5.15. The fraction of sp³-hybridized carbons (Fsp3) is 0.650. The van der Waals surface area contributed by atoms with Gasteiger partial charge in [0.05, 0.1) is 18.8 Å². The highest BCUT2D eigenvalue weighted by Crippen LogP contribution is 2.38. The number of carbonyl (C=O) groups excluding carboxylic acids is 2. The van der Waals surface area contributed by atoms with Gasteiger partial charge in [0, 0.05) is 37.1 Å². The molecule has 49 heavy (non-hydrogen) atoms. The Labute approximate surface area is 295 Å². The molecule has 1 saturated heterocycles. The van der Waals surface area contributed by atoms with E-state index in [-0.39, 0.29) is 31.1 Å². The van der Waals surface area contributed by atoms with Gasteiger partial charge in [-0.25, -0.2) is 5.48 Å². The van der Waals surface area contributed by atoms with Crippen LogP contribution < -0.4 is 10.8 Å². The van der Waals surface area contributed by atoms with E-state index in [4.69, 9.17) is 14.7 Å². The molecule has 0 unspecified atom stereocenters. The fourth-order valence-corrected chi connectivity index (χ4v) is 6.42. The zero-order valence-corrected chi connectivity index (χ0v) is 30.2. The van der Waals surface area contributed by atoms with Crippen LogP contribution in [0.4, 0.5) is 5.69 Å². The van der Waals surface area contributed by atoms with Gasteiger partial charge in [0.15, 0.2) is 6.29 Å². The van der Waals surface area contributed by atoms with Crippen LogP contribution in [0.15, 0.2) is 48.5 Å². The van der Waals surface area contributed by atoms with Crippen molar-refractivity contribution in [1.82, 2.24) is 10.4 Å². The topological polar surface area (TPSA) is 120 Å². The lowest BCUT2D eigenvalue weighted by atomic mass is 9.99. The molecule has 2 aromatic carbocycles. The molecule has 9 nitrogen and oxygen atoms in total. The molecule has 0 bridgehead atoms. The number of amides is 2. The molecule has 2 amide bonds. The van der Waals surface area contributed by atoms with Crippen molar-refractivity contribution in [2.24, 2.45) is 0 Å². The fourth-order valence-electron chi connectivity index (χ4n) is 6.42. The maximum absolute atomic E-state index is 12.5. The van der Waals surface area contributed by atoms with E-state index >= 15 is 0 Å². The van der Waals surface area contributed by atoms with E-state index in [0.717, 1.165) is 42.7 Å². The highest BCUT2D eigenvalue weighted by Gasteiger charge is 2.33. The molecule has 1 aliphatic rings. The number of hydrogen-bond donors (Lipinski definition) is 4. The smallest absolute Gasteiger partial charge is 0.243 e.